The number of benzene rings is 1. The van der Waals surface area contributed by atoms with Gasteiger partial charge in [-0.15, -0.1) is 0 Å². The molecule has 0 unspecified atom stereocenters. The van der Waals surface area contributed by atoms with Crippen LogP contribution in [0, 0.1) is 5.82 Å². The molecule has 108 valence electrons. The minimum absolute atomic E-state index is 0.133. The summed E-state index contributed by atoms with van der Waals surface area (Å²) in [7, 11) is 0. The smallest absolute Gasteiger partial charge is 0.145 e. The zero-order valence-electron chi connectivity index (χ0n) is 11.2. The molecule has 0 atom stereocenters. The predicted octanol–water partition coefficient (Wildman–Crippen LogP) is 5.52. The molecule has 0 fully saturated rings. The van der Waals surface area contributed by atoms with Gasteiger partial charge in [0.2, 0.25) is 0 Å². The highest BCUT2D eigenvalue weighted by Gasteiger charge is 2.01. The Labute approximate surface area is 125 Å². The largest absolute Gasteiger partial charge is 0.493 e. The van der Waals surface area contributed by atoms with Gasteiger partial charge in [0.25, 0.3) is 0 Å². The number of hydrogen-bond acceptors (Lipinski definition) is 2. The maximum absolute atomic E-state index is 13.1. The molecule has 1 nitrogen and oxygen atoms in total. The lowest BCUT2D eigenvalue weighted by molar-refractivity contribution is 0.303. The zero-order valence-corrected chi connectivity index (χ0v) is 12.9. The number of halogens is 2. The van der Waals surface area contributed by atoms with Gasteiger partial charge in [-0.1, -0.05) is 43.7 Å². The summed E-state index contributed by atoms with van der Waals surface area (Å²) in [5.41, 5.74) is 0. The van der Waals surface area contributed by atoms with Crippen LogP contribution in [-0.4, -0.2) is 12.4 Å². The van der Waals surface area contributed by atoms with E-state index in [2.05, 4.69) is 12.6 Å². The summed E-state index contributed by atoms with van der Waals surface area (Å²) >= 11 is 9.79. The highest BCUT2D eigenvalue weighted by atomic mass is 35.5. The maximum atomic E-state index is 13.1. The van der Waals surface area contributed by atoms with Crippen molar-refractivity contribution in [1.29, 1.82) is 0 Å². The van der Waals surface area contributed by atoms with Gasteiger partial charge in [0.05, 0.1) is 11.6 Å². The van der Waals surface area contributed by atoms with Crippen molar-refractivity contribution in [2.24, 2.45) is 0 Å². The van der Waals surface area contributed by atoms with Crippen LogP contribution in [0.4, 0.5) is 4.39 Å². The predicted molar refractivity (Wildman–Crippen MR) is 83.1 cm³/mol. The Bertz CT molecular complexity index is 360. The highest BCUT2D eigenvalue weighted by Crippen LogP contribution is 2.20. The molecular formula is C15H22ClFOS. The quantitative estimate of drug-likeness (QED) is 0.442. The van der Waals surface area contributed by atoms with Crippen LogP contribution in [0.3, 0.4) is 0 Å². The lowest BCUT2D eigenvalue weighted by Crippen LogP contribution is -1.97. The van der Waals surface area contributed by atoms with E-state index in [1.807, 2.05) is 0 Å². The number of unbranched alkanes of at least 4 members (excludes halogenated alkanes) is 6. The van der Waals surface area contributed by atoms with E-state index in [-0.39, 0.29) is 5.02 Å². The Morgan fingerprint density at radius 1 is 1.00 bits per heavy atom. The van der Waals surface area contributed by atoms with E-state index in [9.17, 15) is 4.39 Å². The molecule has 4 heteroatoms. The van der Waals surface area contributed by atoms with Gasteiger partial charge in [-0.2, -0.15) is 12.6 Å². The summed E-state index contributed by atoms with van der Waals surface area (Å²) in [6.07, 6.45) is 8.49. The number of hydrogen-bond donors (Lipinski definition) is 1. The molecule has 0 bridgehead atoms. The first-order valence-corrected chi connectivity index (χ1v) is 7.94. The lowest BCUT2D eigenvalue weighted by Gasteiger charge is -2.06. The summed E-state index contributed by atoms with van der Waals surface area (Å²) in [6.45, 7) is 0.637. The fraction of sp³-hybridized carbons (Fsp3) is 0.600. The molecule has 0 heterocycles. The Balaban J connectivity index is 2.00. The zero-order chi connectivity index (χ0) is 13.9. The first-order chi connectivity index (χ1) is 9.24. The second-order valence-corrected chi connectivity index (χ2v) is 5.48. The van der Waals surface area contributed by atoms with E-state index >= 15 is 0 Å². The molecule has 0 saturated carbocycles. The summed E-state index contributed by atoms with van der Waals surface area (Å²) in [4.78, 5) is 0. The first kappa shape index (κ1) is 16.6. The van der Waals surface area contributed by atoms with Gasteiger partial charge in [-0.3, -0.25) is 0 Å². The average molecular weight is 305 g/mol. The molecule has 1 aromatic rings. The Kier molecular flexibility index (Phi) is 9.10. The molecule has 0 radical (unpaired) electrons. The van der Waals surface area contributed by atoms with E-state index in [0.29, 0.717) is 12.4 Å². The third kappa shape index (κ3) is 7.68. The standard InChI is InChI=1S/C15H22ClFOS/c16-14-9-8-13(12-15(14)17)18-10-6-4-2-1-3-5-7-11-19/h8-9,12,19H,1-7,10-11H2. The van der Waals surface area contributed by atoms with Crippen LogP contribution >= 0.6 is 24.2 Å². The molecule has 1 aromatic carbocycles. The molecule has 0 aromatic heterocycles. The van der Waals surface area contributed by atoms with Crippen LogP contribution in [0.5, 0.6) is 5.75 Å². The third-order valence-electron chi connectivity index (χ3n) is 2.96. The molecule has 0 aliphatic carbocycles. The van der Waals surface area contributed by atoms with Gasteiger partial charge in [0.1, 0.15) is 11.6 Å². The molecule has 1 rings (SSSR count). The van der Waals surface area contributed by atoms with Gasteiger partial charge >= 0.3 is 0 Å². The van der Waals surface area contributed by atoms with Crippen molar-refractivity contribution in [3.63, 3.8) is 0 Å². The van der Waals surface area contributed by atoms with Crippen LogP contribution in [0.1, 0.15) is 44.9 Å². The minimum atomic E-state index is -0.427. The van der Waals surface area contributed by atoms with Gasteiger partial charge in [-0.25, -0.2) is 4.39 Å². The van der Waals surface area contributed by atoms with E-state index < -0.39 is 5.82 Å². The van der Waals surface area contributed by atoms with Gasteiger partial charge in [-0.05, 0) is 30.7 Å². The van der Waals surface area contributed by atoms with E-state index in [4.69, 9.17) is 16.3 Å². The monoisotopic (exact) mass is 304 g/mol. The van der Waals surface area contributed by atoms with E-state index in [1.54, 1.807) is 6.07 Å². The fourth-order valence-corrected chi connectivity index (χ4v) is 2.20. The summed E-state index contributed by atoms with van der Waals surface area (Å²) in [5, 5.41) is 0.133. The molecule has 0 N–H and O–H groups in total. The molecule has 0 spiro atoms. The van der Waals surface area contributed by atoms with Crippen molar-refractivity contribution in [3.05, 3.63) is 29.0 Å². The van der Waals surface area contributed by atoms with E-state index in [1.165, 1.54) is 44.2 Å². The molecule has 0 saturated heterocycles. The SMILES string of the molecule is Fc1cc(OCCCCCCCCCS)ccc1Cl. The average Bonchev–Trinajstić information content (AvgIpc) is 2.41. The first-order valence-electron chi connectivity index (χ1n) is 6.93. The van der Waals surface area contributed by atoms with Crippen molar-refractivity contribution in [2.75, 3.05) is 12.4 Å². The highest BCUT2D eigenvalue weighted by molar-refractivity contribution is 7.80. The Hall–Kier alpha value is -0.410. The second kappa shape index (κ2) is 10.4. The van der Waals surface area contributed by atoms with Gasteiger partial charge < -0.3 is 4.74 Å². The number of rotatable bonds is 10. The minimum Gasteiger partial charge on any atom is -0.493 e. The van der Waals surface area contributed by atoms with Gasteiger partial charge in [0.15, 0.2) is 0 Å². The van der Waals surface area contributed by atoms with Crippen LogP contribution in [-0.2, 0) is 0 Å². The molecular weight excluding hydrogens is 283 g/mol. The normalized spacial score (nSPS) is 10.7. The number of ether oxygens (including phenoxy) is 1. The third-order valence-corrected chi connectivity index (χ3v) is 3.58. The Morgan fingerprint density at radius 3 is 2.26 bits per heavy atom. The van der Waals surface area contributed by atoms with Crippen molar-refractivity contribution in [1.82, 2.24) is 0 Å². The molecule has 0 aliphatic heterocycles. The van der Waals surface area contributed by atoms with Crippen LogP contribution in [0.25, 0.3) is 0 Å². The fourth-order valence-electron chi connectivity index (χ4n) is 1.85. The summed E-state index contributed by atoms with van der Waals surface area (Å²) in [5.74, 6) is 1.12. The topological polar surface area (TPSA) is 9.23 Å². The second-order valence-electron chi connectivity index (χ2n) is 4.62. The van der Waals surface area contributed by atoms with Crippen molar-refractivity contribution in [3.8, 4) is 5.75 Å². The van der Waals surface area contributed by atoms with E-state index in [0.717, 1.165) is 18.6 Å². The summed E-state index contributed by atoms with van der Waals surface area (Å²) < 4.78 is 18.6. The lowest BCUT2D eigenvalue weighted by atomic mass is 10.1. The van der Waals surface area contributed by atoms with Crippen LogP contribution in [0.2, 0.25) is 5.02 Å². The molecule has 0 amide bonds. The Morgan fingerprint density at radius 2 is 1.63 bits per heavy atom. The van der Waals surface area contributed by atoms with Crippen LogP contribution < -0.4 is 4.74 Å². The molecule has 19 heavy (non-hydrogen) atoms. The van der Waals surface area contributed by atoms with Crippen LogP contribution in [0.15, 0.2) is 18.2 Å². The van der Waals surface area contributed by atoms with Crippen molar-refractivity contribution < 1.29 is 9.13 Å². The summed E-state index contributed by atoms with van der Waals surface area (Å²) in [6, 6.07) is 4.55. The number of thiol groups is 1. The van der Waals surface area contributed by atoms with Crippen molar-refractivity contribution >= 4 is 24.2 Å². The maximum Gasteiger partial charge on any atom is 0.145 e. The van der Waals surface area contributed by atoms with Crippen molar-refractivity contribution in [2.45, 2.75) is 44.9 Å². The van der Waals surface area contributed by atoms with Gasteiger partial charge in [0, 0.05) is 6.07 Å². The molecule has 0 aliphatic rings.